The van der Waals surface area contributed by atoms with Crippen LogP contribution < -0.4 is 4.72 Å². The van der Waals surface area contributed by atoms with Gasteiger partial charge in [0, 0.05) is 24.2 Å². The van der Waals surface area contributed by atoms with Crippen LogP contribution in [0.15, 0.2) is 29.2 Å². The van der Waals surface area contributed by atoms with Gasteiger partial charge in [-0.05, 0) is 31.0 Å². The number of halogens is 1. The molecule has 1 aliphatic rings. The molecule has 0 atom stereocenters. The van der Waals surface area contributed by atoms with Crippen molar-refractivity contribution in [2.24, 2.45) is 0 Å². The maximum Gasteiger partial charge on any atom is 0.409 e. The maximum atomic E-state index is 12.2. The summed E-state index contributed by atoms with van der Waals surface area (Å²) in [6.45, 7) is 0.935. The lowest BCUT2D eigenvalue weighted by molar-refractivity contribution is 0.111. The Bertz CT molecular complexity index is 612. The fourth-order valence-corrected chi connectivity index (χ4v) is 3.84. The Hall–Kier alpha value is -1.31. The van der Waals surface area contributed by atoms with Crippen LogP contribution in [0, 0.1) is 0 Å². The Balaban J connectivity index is 1.98. The van der Waals surface area contributed by atoms with Crippen molar-refractivity contribution in [1.82, 2.24) is 9.62 Å². The number of benzene rings is 1. The highest BCUT2D eigenvalue weighted by Crippen LogP contribution is 2.18. The molecular weight excluding hydrogens is 316 g/mol. The van der Waals surface area contributed by atoms with Gasteiger partial charge < -0.3 is 9.64 Å². The lowest BCUT2D eigenvalue weighted by atomic mass is 10.1. The summed E-state index contributed by atoms with van der Waals surface area (Å²) < 4.78 is 31.8. The zero-order valence-electron chi connectivity index (χ0n) is 11.6. The predicted octanol–water partition coefficient (Wildman–Crippen LogP) is 1.85. The first kappa shape index (κ1) is 16.1. The first-order valence-electron chi connectivity index (χ1n) is 6.53. The smallest absolute Gasteiger partial charge is 0.409 e. The molecule has 0 bridgehead atoms. The summed E-state index contributed by atoms with van der Waals surface area (Å²) in [5.74, 6) is 0. The number of carbonyl (C=O) groups excluding carboxylic acids is 1. The standard InChI is InChI=1S/C13H17ClN2O4S/c1-20-13(17)16-7-5-11(6-8-16)15-21(18,19)12-4-2-3-10(14)9-12/h2-4,9,11,15H,5-8H2,1H3. The zero-order valence-corrected chi connectivity index (χ0v) is 13.2. The maximum absolute atomic E-state index is 12.2. The lowest BCUT2D eigenvalue weighted by Crippen LogP contribution is -2.46. The highest BCUT2D eigenvalue weighted by atomic mass is 35.5. The molecule has 1 saturated heterocycles. The number of ether oxygens (including phenoxy) is 1. The molecule has 116 valence electrons. The van der Waals surface area contributed by atoms with E-state index in [9.17, 15) is 13.2 Å². The summed E-state index contributed by atoms with van der Waals surface area (Å²) in [5.41, 5.74) is 0. The topological polar surface area (TPSA) is 75.7 Å². The van der Waals surface area contributed by atoms with Crippen molar-refractivity contribution >= 4 is 27.7 Å². The summed E-state index contributed by atoms with van der Waals surface area (Å²) in [7, 11) is -2.27. The lowest BCUT2D eigenvalue weighted by Gasteiger charge is -2.31. The van der Waals surface area contributed by atoms with Crippen molar-refractivity contribution in [3.05, 3.63) is 29.3 Å². The summed E-state index contributed by atoms with van der Waals surface area (Å²) in [4.78, 5) is 13.1. The first-order valence-corrected chi connectivity index (χ1v) is 8.39. The average molecular weight is 333 g/mol. The minimum atomic E-state index is -3.59. The van der Waals surface area contributed by atoms with Crippen molar-refractivity contribution in [3.8, 4) is 0 Å². The number of rotatable bonds is 3. The Kier molecular flexibility index (Phi) is 5.08. The van der Waals surface area contributed by atoms with E-state index in [0.717, 1.165) is 0 Å². The molecule has 2 rings (SSSR count). The van der Waals surface area contributed by atoms with Crippen LogP contribution in [0.2, 0.25) is 5.02 Å². The number of sulfonamides is 1. The van der Waals surface area contributed by atoms with E-state index in [4.69, 9.17) is 11.6 Å². The molecule has 1 fully saturated rings. The summed E-state index contributed by atoms with van der Waals surface area (Å²) >= 11 is 5.81. The third kappa shape index (κ3) is 4.09. The van der Waals surface area contributed by atoms with Crippen molar-refractivity contribution < 1.29 is 17.9 Å². The molecule has 1 heterocycles. The van der Waals surface area contributed by atoms with Gasteiger partial charge in [-0.15, -0.1) is 0 Å². The van der Waals surface area contributed by atoms with Crippen LogP contribution in [-0.4, -0.2) is 45.7 Å². The van der Waals surface area contributed by atoms with Crippen molar-refractivity contribution in [2.45, 2.75) is 23.8 Å². The molecule has 6 nitrogen and oxygen atoms in total. The van der Waals surface area contributed by atoms with Gasteiger partial charge >= 0.3 is 6.09 Å². The summed E-state index contributed by atoms with van der Waals surface area (Å²) in [6, 6.07) is 5.92. The Morgan fingerprint density at radius 3 is 2.62 bits per heavy atom. The van der Waals surface area contributed by atoms with E-state index in [-0.39, 0.29) is 17.0 Å². The van der Waals surface area contributed by atoms with E-state index in [1.807, 2.05) is 0 Å². The summed E-state index contributed by atoms with van der Waals surface area (Å²) in [6.07, 6.45) is 0.718. The number of nitrogens with one attached hydrogen (secondary N) is 1. The van der Waals surface area contributed by atoms with Crippen LogP contribution in [0.1, 0.15) is 12.8 Å². The monoisotopic (exact) mass is 332 g/mol. The number of hydrogen-bond donors (Lipinski definition) is 1. The number of carbonyl (C=O) groups is 1. The number of hydrogen-bond acceptors (Lipinski definition) is 4. The third-order valence-electron chi connectivity index (χ3n) is 3.36. The molecule has 1 N–H and O–H groups in total. The zero-order chi connectivity index (χ0) is 15.5. The molecule has 0 unspecified atom stereocenters. The number of nitrogens with zero attached hydrogens (tertiary/aromatic N) is 1. The Labute approximate surface area is 129 Å². The highest BCUT2D eigenvalue weighted by molar-refractivity contribution is 7.89. The van der Waals surface area contributed by atoms with E-state index in [0.29, 0.717) is 31.0 Å². The number of likely N-dealkylation sites (tertiary alicyclic amines) is 1. The second-order valence-electron chi connectivity index (χ2n) is 4.81. The van der Waals surface area contributed by atoms with Gasteiger partial charge in [-0.1, -0.05) is 17.7 Å². The third-order valence-corrected chi connectivity index (χ3v) is 5.11. The van der Waals surface area contributed by atoms with Crippen LogP contribution in [0.3, 0.4) is 0 Å². The SMILES string of the molecule is COC(=O)N1CCC(NS(=O)(=O)c2cccc(Cl)c2)CC1. The second kappa shape index (κ2) is 6.64. The Morgan fingerprint density at radius 1 is 1.38 bits per heavy atom. The quantitative estimate of drug-likeness (QED) is 0.916. The second-order valence-corrected chi connectivity index (χ2v) is 6.96. The molecule has 0 spiro atoms. The minimum Gasteiger partial charge on any atom is -0.453 e. The van der Waals surface area contributed by atoms with Crippen LogP contribution >= 0.6 is 11.6 Å². The van der Waals surface area contributed by atoms with E-state index in [2.05, 4.69) is 9.46 Å². The van der Waals surface area contributed by atoms with Gasteiger partial charge in [-0.3, -0.25) is 0 Å². The molecule has 1 amide bonds. The fraction of sp³-hybridized carbons (Fsp3) is 0.462. The van der Waals surface area contributed by atoms with E-state index in [1.54, 1.807) is 17.0 Å². The van der Waals surface area contributed by atoms with Crippen LogP contribution in [0.25, 0.3) is 0 Å². The van der Waals surface area contributed by atoms with Crippen LogP contribution in [-0.2, 0) is 14.8 Å². The van der Waals surface area contributed by atoms with Gasteiger partial charge in [-0.2, -0.15) is 0 Å². The van der Waals surface area contributed by atoms with Gasteiger partial charge in [0.1, 0.15) is 0 Å². The number of piperidine rings is 1. The average Bonchev–Trinajstić information content (AvgIpc) is 2.47. The normalized spacial score (nSPS) is 16.8. The largest absolute Gasteiger partial charge is 0.453 e. The molecule has 21 heavy (non-hydrogen) atoms. The van der Waals surface area contributed by atoms with E-state index >= 15 is 0 Å². The van der Waals surface area contributed by atoms with Crippen LogP contribution in [0.5, 0.6) is 0 Å². The molecule has 0 aromatic heterocycles. The molecule has 1 aliphatic heterocycles. The van der Waals surface area contributed by atoms with Crippen molar-refractivity contribution in [3.63, 3.8) is 0 Å². The van der Waals surface area contributed by atoms with E-state index in [1.165, 1.54) is 19.2 Å². The van der Waals surface area contributed by atoms with Gasteiger partial charge in [0.05, 0.1) is 12.0 Å². The molecular formula is C13H17ClN2O4S. The molecule has 0 radical (unpaired) electrons. The van der Waals surface area contributed by atoms with Crippen LogP contribution in [0.4, 0.5) is 4.79 Å². The van der Waals surface area contributed by atoms with Crippen molar-refractivity contribution in [2.75, 3.05) is 20.2 Å². The Morgan fingerprint density at radius 2 is 2.05 bits per heavy atom. The molecule has 1 aromatic rings. The highest BCUT2D eigenvalue weighted by Gasteiger charge is 2.27. The molecule has 0 saturated carbocycles. The van der Waals surface area contributed by atoms with Gasteiger partial charge in [0.15, 0.2) is 0 Å². The minimum absolute atomic E-state index is 0.144. The predicted molar refractivity (Wildman–Crippen MR) is 78.8 cm³/mol. The number of amides is 1. The van der Waals surface area contributed by atoms with Crippen molar-refractivity contribution in [1.29, 1.82) is 0 Å². The van der Waals surface area contributed by atoms with Gasteiger partial charge in [0.25, 0.3) is 0 Å². The van der Waals surface area contributed by atoms with Gasteiger partial charge in [-0.25, -0.2) is 17.9 Å². The molecule has 8 heteroatoms. The summed E-state index contributed by atoms with van der Waals surface area (Å²) in [5, 5.41) is 0.374. The first-order chi connectivity index (χ1) is 9.92. The molecule has 1 aromatic carbocycles. The number of methoxy groups -OCH3 is 1. The fourth-order valence-electron chi connectivity index (χ4n) is 2.23. The van der Waals surface area contributed by atoms with Gasteiger partial charge in [0.2, 0.25) is 10.0 Å². The molecule has 0 aliphatic carbocycles. The van der Waals surface area contributed by atoms with E-state index < -0.39 is 10.0 Å².